The summed E-state index contributed by atoms with van der Waals surface area (Å²) in [6, 6.07) is 1.66. The molecule has 1 amide bonds. The number of rotatable bonds is 5. The summed E-state index contributed by atoms with van der Waals surface area (Å²) in [6.07, 6.45) is 2.87. The maximum Gasteiger partial charge on any atom is 0.242 e. The zero-order valence-corrected chi connectivity index (χ0v) is 11.3. The lowest BCUT2D eigenvalue weighted by atomic mass is 10.3. The van der Waals surface area contributed by atoms with Crippen LogP contribution in [0.2, 0.25) is 5.15 Å². The summed E-state index contributed by atoms with van der Waals surface area (Å²) in [7, 11) is 0. The van der Waals surface area contributed by atoms with E-state index >= 15 is 0 Å². The van der Waals surface area contributed by atoms with Crippen LogP contribution in [-0.4, -0.2) is 28.0 Å². The summed E-state index contributed by atoms with van der Waals surface area (Å²) >= 11 is 5.89. The number of carbonyl (C=O) groups excluding carboxylic acids is 1. The summed E-state index contributed by atoms with van der Waals surface area (Å²) in [6.45, 7) is 3.76. The number of nitrogens with zero attached hydrogens (tertiary/aromatic N) is 2. The Bertz CT molecular complexity index is 448. The first-order valence-electron chi connectivity index (χ1n) is 6.19. The maximum atomic E-state index is 11.8. The van der Waals surface area contributed by atoms with Gasteiger partial charge in [0.25, 0.3) is 0 Å². The van der Waals surface area contributed by atoms with Crippen LogP contribution in [-0.2, 0) is 11.2 Å². The highest BCUT2D eigenvalue weighted by atomic mass is 35.5. The number of carbonyl (C=O) groups is 1. The van der Waals surface area contributed by atoms with Gasteiger partial charge in [-0.3, -0.25) is 4.79 Å². The zero-order chi connectivity index (χ0) is 13.1. The molecule has 0 aliphatic heterocycles. The molecule has 1 unspecified atom stereocenters. The molecular weight excluding hydrogens is 252 g/mol. The van der Waals surface area contributed by atoms with Gasteiger partial charge in [0.15, 0.2) is 0 Å². The van der Waals surface area contributed by atoms with Gasteiger partial charge in [0.05, 0.1) is 0 Å². The van der Waals surface area contributed by atoms with Crippen molar-refractivity contribution in [3.63, 3.8) is 0 Å². The first kappa shape index (κ1) is 13.1. The van der Waals surface area contributed by atoms with Gasteiger partial charge in [0.1, 0.15) is 22.8 Å². The summed E-state index contributed by atoms with van der Waals surface area (Å²) in [5, 5.41) is 6.37. The van der Waals surface area contributed by atoms with E-state index in [2.05, 4.69) is 20.6 Å². The molecule has 0 aromatic carbocycles. The number of aryl methyl sites for hydroxylation is 1. The van der Waals surface area contributed by atoms with E-state index < -0.39 is 0 Å². The number of anilines is 1. The van der Waals surface area contributed by atoms with Gasteiger partial charge in [-0.05, 0) is 19.8 Å². The third-order valence-electron chi connectivity index (χ3n) is 2.74. The molecule has 1 saturated carbocycles. The van der Waals surface area contributed by atoms with Gasteiger partial charge in [-0.1, -0.05) is 18.5 Å². The van der Waals surface area contributed by atoms with Crippen molar-refractivity contribution >= 4 is 23.3 Å². The number of halogens is 1. The fraction of sp³-hybridized carbons (Fsp3) is 0.583. The topological polar surface area (TPSA) is 66.9 Å². The van der Waals surface area contributed by atoms with Crippen molar-refractivity contribution in [1.82, 2.24) is 15.3 Å². The van der Waals surface area contributed by atoms with Gasteiger partial charge in [-0.25, -0.2) is 9.97 Å². The average molecular weight is 269 g/mol. The van der Waals surface area contributed by atoms with Gasteiger partial charge >= 0.3 is 0 Å². The molecule has 1 atom stereocenters. The van der Waals surface area contributed by atoms with Gasteiger partial charge in [-0.2, -0.15) is 0 Å². The van der Waals surface area contributed by atoms with E-state index in [-0.39, 0.29) is 11.9 Å². The van der Waals surface area contributed by atoms with Crippen LogP contribution in [0.5, 0.6) is 0 Å². The monoisotopic (exact) mass is 268 g/mol. The lowest BCUT2D eigenvalue weighted by Gasteiger charge is -2.14. The van der Waals surface area contributed by atoms with Crippen LogP contribution in [0.25, 0.3) is 0 Å². The lowest BCUT2D eigenvalue weighted by molar-refractivity contribution is -0.121. The standard InChI is InChI=1S/C12H17ClN4O/c1-3-10-16-9(13)6-11(17-10)14-7(2)12(18)15-8-4-5-8/h6-8H,3-5H2,1-2H3,(H,15,18)(H,14,16,17). The van der Waals surface area contributed by atoms with Crippen molar-refractivity contribution < 1.29 is 4.79 Å². The molecule has 5 nitrogen and oxygen atoms in total. The number of aromatic nitrogens is 2. The Hall–Kier alpha value is -1.36. The molecule has 18 heavy (non-hydrogen) atoms. The van der Waals surface area contributed by atoms with Crippen LogP contribution < -0.4 is 10.6 Å². The zero-order valence-electron chi connectivity index (χ0n) is 10.5. The Morgan fingerprint density at radius 3 is 2.89 bits per heavy atom. The number of nitrogens with one attached hydrogen (secondary N) is 2. The second kappa shape index (κ2) is 5.52. The maximum absolute atomic E-state index is 11.8. The third-order valence-corrected chi connectivity index (χ3v) is 2.93. The second-order valence-electron chi connectivity index (χ2n) is 4.49. The number of amides is 1. The third kappa shape index (κ3) is 3.57. The SMILES string of the molecule is CCc1nc(Cl)cc(NC(C)C(=O)NC2CC2)n1. The van der Waals surface area contributed by atoms with Crippen molar-refractivity contribution in [2.24, 2.45) is 0 Å². The van der Waals surface area contributed by atoms with Crippen LogP contribution in [0.3, 0.4) is 0 Å². The van der Waals surface area contributed by atoms with E-state index in [1.807, 2.05) is 6.92 Å². The second-order valence-corrected chi connectivity index (χ2v) is 4.88. The summed E-state index contributed by atoms with van der Waals surface area (Å²) < 4.78 is 0. The van der Waals surface area contributed by atoms with Gasteiger partial charge < -0.3 is 10.6 Å². The van der Waals surface area contributed by atoms with Crippen molar-refractivity contribution in [2.45, 2.75) is 45.2 Å². The number of hydrogen-bond acceptors (Lipinski definition) is 4. The molecule has 0 saturated heterocycles. The van der Waals surface area contributed by atoms with E-state index in [0.717, 1.165) is 12.8 Å². The molecule has 0 bridgehead atoms. The summed E-state index contributed by atoms with van der Waals surface area (Å²) in [4.78, 5) is 20.1. The first-order chi connectivity index (χ1) is 8.58. The van der Waals surface area contributed by atoms with Crippen LogP contribution in [0.4, 0.5) is 5.82 Å². The van der Waals surface area contributed by atoms with E-state index in [1.165, 1.54) is 0 Å². The molecule has 6 heteroatoms. The van der Waals surface area contributed by atoms with E-state index in [1.54, 1.807) is 13.0 Å². The van der Waals surface area contributed by atoms with Crippen LogP contribution in [0, 0.1) is 0 Å². The minimum atomic E-state index is -0.332. The fourth-order valence-electron chi connectivity index (χ4n) is 1.54. The van der Waals surface area contributed by atoms with E-state index in [4.69, 9.17) is 11.6 Å². The van der Waals surface area contributed by atoms with Crippen LogP contribution in [0.15, 0.2) is 6.07 Å². The largest absolute Gasteiger partial charge is 0.358 e. The molecule has 2 N–H and O–H groups in total. The van der Waals surface area contributed by atoms with E-state index in [0.29, 0.717) is 29.3 Å². The van der Waals surface area contributed by atoms with Crippen LogP contribution in [0.1, 0.15) is 32.5 Å². The van der Waals surface area contributed by atoms with Gasteiger partial charge in [0, 0.05) is 18.5 Å². The van der Waals surface area contributed by atoms with Gasteiger partial charge in [0.2, 0.25) is 5.91 Å². The highest BCUT2D eigenvalue weighted by Gasteiger charge is 2.25. The van der Waals surface area contributed by atoms with Crippen molar-refractivity contribution in [3.8, 4) is 0 Å². The molecular formula is C12H17ClN4O. The molecule has 0 radical (unpaired) electrons. The Kier molecular flexibility index (Phi) is 4.01. The molecule has 2 rings (SSSR count). The molecule has 1 aromatic rings. The fourth-order valence-corrected chi connectivity index (χ4v) is 1.74. The predicted octanol–water partition coefficient (Wildman–Crippen LogP) is 1.77. The first-order valence-corrected chi connectivity index (χ1v) is 6.56. The predicted molar refractivity (Wildman–Crippen MR) is 70.7 cm³/mol. The quantitative estimate of drug-likeness (QED) is 0.799. The minimum absolute atomic E-state index is 0.00900. The Morgan fingerprint density at radius 1 is 1.56 bits per heavy atom. The lowest BCUT2D eigenvalue weighted by Crippen LogP contribution is -2.38. The molecule has 98 valence electrons. The molecule has 0 spiro atoms. The van der Waals surface area contributed by atoms with Crippen molar-refractivity contribution in [2.75, 3.05) is 5.32 Å². The number of hydrogen-bond donors (Lipinski definition) is 2. The molecule has 1 aliphatic carbocycles. The highest BCUT2D eigenvalue weighted by Crippen LogP contribution is 2.19. The molecule has 1 fully saturated rings. The summed E-state index contributed by atoms with van der Waals surface area (Å²) in [5.74, 6) is 1.25. The highest BCUT2D eigenvalue weighted by molar-refractivity contribution is 6.29. The van der Waals surface area contributed by atoms with Crippen molar-refractivity contribution in [1.29, 1.82) is 0 Å². The summed E-state index contributed by atoms with van der Waals surface area (Å²) in [5.41, 5.74) is 0. The van der Waals surface area contributed by atoms with Gasteiger partial charge in [-0.15, -0.1) is 0 Å². The van der Waals surface area contributed by atoms with Crippen LogP contribution >= 0.6 is 11.6 Å². The Morgan fingerprint density at radius 2 is 2.28 bits per heavy atom. The normalized spacial score (nSPS) is 16.2. The average Bonchev–Trinajstić information content (AvgIpc) is 3.11. The molecule has 1 aromatic heterocycles. The molecule has 1 aliphatic rings. The van der Waals surface area contributed by atoms with Crippen molar-refractivity contribution in [3.05, 3.63) is 17.0 Å². The van der Waals surface area contributed by atoms with E-state index in [9.17, 15) is 4.79 Å². The Labute approximate surface area is 111 Å². The smallest absolute Gasteiger partial charge is 0.242 e. The minimum Gasteiger partial charge on any atom is -0.358 e. The molecule has 1 heterocycles. The Balaban J connectivity index is 1.98.